The topological polar surface area (TPSA) is 47.6 Å². The number of halogens is 2. The molecule has 0 unspecified atom stereocenters. The zero-order valence-corrected chi connectivity index (χ0v) is 12.8. The highest BCUT2D eigenvalue weighted by Crippen LogP contribution is 2.34. The standard InChI is InChI=1S/C16H11Cl2NO3/c17-10-1-3-12(13(18)7-10)14(20)5-6-19-11-2-4-15-16(8-11)22-9-21-15/h1-8,19H,9H2. The number of carbonyl (C=O) groups excluding carboxylic acids is 1. The van der Waals surface area contributed by atoms with Gasteiger partial charge in [-0.25, -0.2) is 0 Å². The van der Waals surface area contributed by atoms with Crippen LogP contribution in [0.4, 0.5) is 5.69 Å². The van der Waals surface area contributed by atoms with Crippen molar-refractivity contribution in [3.05, 3.63) is 64.3 Å². The van der Waals surface area contributed by atoms with Gasteiger partial charge in [-0.3, -0.25) is 4.79 Å². The minimum atomic E-state index is -0.213. The molecule has 0 aromatic heterocycles. The maximum atomic E-state index is 12.1. The van der Waals surface area contributed by atoms with E-state index in [-0.39, 0.29) is 12.6 Å². The Hall–Kier alpha value is -2.17. The van der Waals surface area contributed by atoms with Gasteiger partial charge < -0.3 is 14.8 Å². The molecule has 2 aromatic rings. The van der Waals surface area contributed by atoms with Crippen molar-refractivity contribution in [1.29, 1.82) is 0 Å². The highest BCUT2D eigenvalue weighted by Gasteiger charge is 2.12. The van der Waals surface area contributed by atoms with Crippen molar-refractivity contribution in [1.82, 2.24) is 0 Å². The Morgan fingerprint density at radius 1 is 1.09 bits per heavy atom. The molecule has 0 atom stereocenters. The number of allylic oxidation sites excluding steroid dienone is 1. The fourth-order valence-electron chi connectivity index (χ4n) is 1.98. The van der Waals surface area contributed by atoms with E-state index in [0.29, 0.717) is 27.1 Å². The van der Waals surface area contributed by atoms with Crippen molar-refractivity contribution in [3.8, 4) is 11.5 Å². The largest absolute Gasteiger partial charge is 0.454 e. The summed E-state index contributed by atoms with van der Waals surface area (Å²) in [5.74, 6) is 1.17. The summed E-state index contributed by atoms with van der Waals surface area (Å²) in [4.78, 5) is 12.1. The van der Waals surface area contributed by atoms with Gasteiger partial charge in [0.1, 0.15) is 0 Å². The van der Waals surface area contributed by atoms with Gasteiger partial charge in [-0.15, -0.1) is 0 Å². The van der Waals surface area contributed by atoms with Crippen LogP contribution in [0.15, 0.2) is 48.7 Å². The first-order chi connectivity index (χ1) is 10.6. The molecule has 0 bridgehead atoms. The van der Waals surface area contributed by atoms with Gasteiger partial charge in [0.15, 0.2) is 17.3 Å². The Labute approximate surface area is 137 Å². The predicted molar refractivity (Wildman–Crippen MR) is 86.1 cm³/mol. The lowest BCUT2D eigenvalue weighted by atomic mass is 10.1. The Kier molecular flexibility index (Phi) is 4.22. The van der Waals surface area contributed by atoms with Crippen molar-refractivity contribution >= 4 is 34.7 Å². The second-order valence-electron chi connectivity index (χ2n) is 4.53. The van der Waals surface area contributed by atoms with E-state index in [9.17, 15) is 4.79 Å². The summed E-state index contributed by atoms with van der Waals surface area (Å²) >= 11 is 11.8. The number of benzene rings is 2. The van der Waals surface area contributed by atoms with Gasteiger partial charge in [0.05, 0.1) is 5.02 Å². The molecule has 0 fully saturated rings. The van der Waals surface area contributed by atoms with E-state index in [0.717, 1.165) is 5.69 Å². The second kappa shape index (κ2) is 6.30. The molecule has 112 valence electrons. The van der Waals surface area contributed by atoms with Crippen LogP contribution >= 0.6 is 23.2 Å². The van der Waals surface area contributed by atoms with E-state index in [1.807, 2.05) is 6.07 Å². The maximum absolute atomic E-state index is 12.1. The number of carbonyl (C=O) groups is 1. The van der Waals surface area contributed by atoms with Gasteiger partial charge in [0, 0.05) is 34.6 Å². The molecular weight excluding hydrogens is 325 g/mol. The number of nitrogens with one attached hydrogen (secondary N) is 1. The van der Waals surface area contributed by atoms with Crippen LogP contribution in [0.3, 0.4) is 0 Å². The average molecular weight is 336 g/mol. The Morgan fingerprint density at radius 2 is 1.91 bits per heavy atom. The number of ether oxygens (including phenoxy) is 2. The Balaban J connectivity index is 1.68. The first-order valence-electron chi connectivity index (χ1n) is 6.45. The molecule has 0 saturated heterocycles. The van der Waals surface area contributed by atoms with E-state index in [1.165, 1.54) is 12.1 Å². The summed E-state index contributed by atoms with van der Waals surface area (Å²) in [7, 11) is 0. The van der Waals surface area contributed by atoms with Gasteiger partial charge >= 0.3 is 0 Å². The molecule has 6 heteroatoms. The summed E-state index contributed by atoms with van der Waals surface area (Å²) in [5, 5.41) is 3.81. The normalized spacial score (nSPS) is 12.6. The number of rotatable bonds is 4. The lowest BCUT2D eigenvalue weighted by molar-refractivity contribution is 0.104. The molecule has 0 saturated carbocycles. The van der Waals surface area contributed by atoms with Crippen LogP contribution in [0.1, 0.15) is 10.4 Å². The molecule has 1 heterocycles. The Bertz CT molecular complexity index is 759. The van der Waals surface area contributed by atoms with E-state index in [2.05, 4.69) is 5.32 Å². The van der Waals surface area contributed by atoms with Crippen LogP contribution in [-0.2, 0) is 0 Å². The van der Waals surface area contributed by atoms with Crippen LogP contribution in [0.25, 0.3) is 0 Å². The highest BCUT2D eigenvalue weighted by atomic mass is 35.5. The molecule has 1 aliphatic rings. The van der Waals surface area contributed by atoms with Gasteiger partial charge in [-0.1, -0.05) is 23.2 Å². The molecule has 1 N–H and O–H groups in total. The third-order valence-electron chi connectivity index (χ3n) is 3.05. The van der Waals surface area contributed by atoms with Crippen molar-refractivity contribution < 1.29 is 14.3 Å². The highest BCUT2D eigenvalue weighted by molar-refractivity contribution is 6.37. The quantitative estimate of drug-likeness (QED) is 0.658. The molecule has 4 nitrogen and oxygen atoms in total. The zero-order valence-electron chi connectivity index (χ0n) is 11.3. The van der Waals surface area contributed by atoms with E-state index >= 15 is 0 Å². The molecule has 2 aromatic carbocycles. The van der Waals surface area contributed by atoms with E-state index in [1.54, 1.807) is 30.5 Å². The molecule has 0 amide bonds. The Morgan fingerprint density at radius 3 is 2.73 bits per heavy atom. The number of anilines is 1. The molecule has 3 rings (SSSR count). The third-order valence-corrected chi connectivity index (χ3v) is 3.60. The fraction of sp³-hybridized carbons (Fsp3) is 0.0625. The second-order valence-corrected chi connectivity index (χ2v) is 5.38. The first-order valence-corrected chi connectivity index (χ1v) is 7.21. The van der Waals surface area contributed by atoms with Crippen molar-refractivity contribution in [2.75, 3.05) is 12.1 Å². The predicted octanol–water partition coefficient (Wildman–Crippen LogP) is 4.53. The average Bonchev–Trinajstić information content (AvgIpc) is 2.94. The number of ketones is 1. The number of fused-ring (bicyclic) bond motifs is 1. The summed E-state index contributed by atoms with van der Waals surface area (Å²) in [6.45, 7) is 0.224. The smallest absolute Gasteiger partial charge is 0.231 e. The zero-order chi connectivity index (χ0) is 15.5. The molecule has 0 radical (unpaired) electrons. The summed E-state index contributed by atoms with van der Waals surface area (Å²) in [6, 6.07) is 10.2. The van der Waals surface area contributed by atoms with Crippen LogP contribution in [0.2, 0.25) is 10.0 Å². The minimum absolute atomic E-state index is 0.213. The number of hydrogen-bond acceptors (Lipinski definition) is 4. The van der Waals surface area contributed by atoms with E-state index < -0.39 is 0 Å². The fourth-order valence-corrected chi connectivity index (χ4v) is 2.48. The molecule has 1 aliphatic heterocycles. The van der Waals surface area contributed by atoms with Gasteiger partial charge in [-0.2, -0.15) is 0 Å². The van der Waals surface area contributed by atoms with Crippen molar-refractivity contribution in [2.45, 2.75) is 0 Å². The third kappa shape index (κ3) is 3.18. The molecule has 22 heavy (non-hydrogen) atoms. The maximum Gasteiger partial charge on any atom is 0.231 e. The van der Waals surface area contributed by atoms with E-state index in [4.69, 9.17) is 32.7 Å². The summed E-state index contributed by atoms with van der Waals surface area (Å²) in [5.41, 5.74) is 1.19. The molecule has 0 aliphatic carbocycles. The minimum Gasteiger partial charge on any atom is -0.454 e. The number of hydrogen-bond donors (Lipinski definition) is 1. The lowest BCUT2D eigenvalue weighted by Gasteiger charge is -2.03. The monoisotopic (exact) mass is 335 g/mol. The molecular formula is C16H11Cl2NO3. The van der Waals surface area contributed by atoms with Crippen molar-refractivity contribution in [3.63, 3.8) is 0 Å². The van der Waals surface area contributed by atoms with Crippen molar-refractivity contribution in [2.24, 2.45) is 0 Å². The SMILES string of the molecule is O=C(C=CNc1ccc2c(c1)OCO2)c1ccc(Cl)cc1Cl. The van der Waals surface area contributed by atoms with Gasteiger partial charge in [0.25, 0.3) is 0 Å². The van der Waals surface area contributed by atoms with Crippen LogP contribution in [0, 0.1) is 0 Å². The van der Waals surface area contributed by atoms with Crippen LogP contribution in [-0.4, -0.2) is 12.6 Å². The lowest BCUT2D eigenvalue weighted by Crippen LogP contribution is -1.97. The van der Waals surface area contributed by atoms with Gasteiger partial charge in [-0.05, 0) is 30.3 Å². The summed E-state index contributed by atoms with van der Waals surface area (Å²) in [6.07, 6.45) is 2.95. The molecule has 0 spiro atoms. The van der Waals surface area contributed by atoms with Crippen LogP contribution in [0.5, 0.6) is 11.5 Å². The summed E-state index contributed by atoms with van der Waals surface area (Å²) < 4.78 is 10.5. The first kappa shape index (κ1) is 14.8. The van der Waals surface area contributed by atoms with Crippen LogP contribution < -0.4 is 14.8 Å². The van der Waals surface area contributed by atoms with Gasteiger partial charge in [0.2, 0.25) is 6.79 Å².